The normalized spacial score (nSPS) is 9.85. The fourth-order valence-corrected chi connectivity index (χ4v) is 1.20. The summed E-state index contributed by atoms with van der Waals surface area (Å²) < 4.78 is 0. The first-order valence-electron chi connectivity index (χ1n) is 4.04. The maximum Gasteiger partial charge on any atom is 0.0400 e. The summed E-state index contributed by atoms with van der Waals surface area (Å²) in [6.07, 6.45) is 3.57. The summed E-state index contributed by atoms with van der Waals surface area (Å²) in [5.74, 6) is 0. The Labute approximate surface area is 77.0 Å². The molecule has 2 heteroatoms. The Kier molecular flexibility index (Phi) is 1.96. The van der Waals surface area contributed by atoms with Crippen LogP contribution in [0.1, 0.15) is 0 Å². The van der Waals surface area contributed by atoms with Crippen LogP contribution in [0, 0.1) is 6.07 Å². The van der Waals surface area contributed by atoms with Gasteiger partial charge in [0.15, 0.2) is 0 Å². The van der Waals surface area contributed by atoms with Crippen molar-refractivity contribution in [2.45, 2.75) is 0 Å². The van der Waals surface area contributed by atoms with Gasteiger partial charge in [0, 0.05) is 29.7 Å². The standard InChI is InChI=1S/C11H9N2/c12-11-5-1-3-9(7-11)10-4-2-6-13-8-10/h1-4,6-8H,12H2. The van der Waals surface area contributed by atoms with Crippen molar-refractivity contribution in [2.24, 2.45) is 0 Å². The maximum absolute atomic E-state index is 5.62. The minimum Gasteiger partial charge on any atom is -0.398 e. The molecule has 0 aliphatic carbocycles. The Balaban J connectivity index is 2.48. The van der Waals surface area contributed by atoms with Crippen LogP contribution < -0.4 is 5.73 Å². The fourth-order valence-electron chi connectivity index (χ4n) is 1.20. The van der Waals surface area contributed by atoms with E-state index in [1.165, 1.54) is 0 Å². The lowest BCUT2D eigenvalue weighted by Crippen LogP contribution is -1.85. The molecule has 1 aromatic carbocycles. The Morgan fingerprint density at radius 3 is 2.85 bits per heavy atom. The number of aromatic nitrogens is 1. The lowest BCUT2D eigenvalue weighted by molar-refractivity contribution is 1.33. The average Bonchev–Trinajstić information content (AvgIpc) is 2.19. The second-order valence-corrected chi connectivity index (χ2v) is 2.77. The molecule has 1 aromatic heterocycles. The zero-order chi connectivity index (χ0) is 9.10. The van der Waals surface area contributed by atoms with Crippen molar-refractivity contribution < 1.29 is 0 Å². The third-order valence-corrected chi connectivity index (χ3v) is 1.82. The van der Waals surface area contributed by atoms with Crippen molar-refractivity contribution in [2.75, 3.05) is 5.73 Å². The predicted molar refractivity (Wildman–Crippen MR) is 52.9 cm³/mol. The first-order valence-corrected chi connectivity index (χ1v) is 4.04. The van der Waals surface area contributed by atoms with Crippen molar-refractivity contribution in [3.05, 3.63) is 48.8 Å². The molecule has 1 heterocycles. The summed E-state index contributed by atoms with van der Waals surface area (Å²) in [4.78, 5) is 4.04. The van der Waals surface area contributed by atoms with E-state index < -0.39 is 0 Å². The fraction of sp³-hybridized carbons (Fsp3) is 0. The number of nitrogen functional groups attached to an aromatic ring is 1. The van der Waals surface area contributed by atoms with Crippen LogP contribution in [0.15, 0.2) is 42.7 Å². The molecule has 1 radical (unpaired) electrons. The van der Waals surface area contributed by atoms with Gasteiger partial charge in [-0.1, -0.05) is 18.2 Å². The molecule has 0 aliphatic heterocycles. The number of pyridine rings is 1. The molecule has 0 atom stereocenters. The van der Waals surface area contributed by atoms with E-state index in [1.807, 2.05) is 36.5 Å². The van der Waals surface area contributed by atoms with Gasteiger partial charge in [-0.3, -0.25) is 4.98 Å². The zero-order valence-corrected chi connectivity index (χ0v) is 7.07. The highest BCUT2D eigenvalue weighted by Gasteiger charge is 1.96. The van der Waals surface area contributed by atoms with Crippen LogP contribution in [0.4, 0.5) is 5.69 Å². The average molecular weight is 169 g/mol. The quantitative estimate of drug-likeness (QED) is 0.664. The van der Waals surface area contributed by atoms with Gasteiger partial charge in [0.2, 0.25) is 0 Å². The molecule has 0 saturated carbocycles. The third-order valence-electron chi connectivity index (χ3n) is 1.82. The van der Waals surface area contributed by atoms with Crippen LogP contribution in [0.3, 0.4) is 0 Å². The first kappa shape index (κ1) is 7.80. The summed E-state index contributed by atoms with van der Waals surface area (Å²) in [5.41, 5.74) is 8.42. The van der Waals surface area contributed by atoms with E-state index in [9.17, 15) is 0 Å². The molecule has 2 nitrogen and oxygen atoms in total. The van der Waals surface area contributed by atoms with Crippen LogP contribution in [-0.4, -0.2) is 4.98 Å². The molecule has 0 saturated heterocycles. The van der Waals surface area contributed by atoms with Crippen molar-refractivity contribution >= 4 is 5.69 Å². The van der Waals surface area contributed by atoms with Crippen molar-refractivity contribution in [3.63, 3.8) is 0 Å². The molecule has 0 unspecified atom stereocenters. The van der Waals surface area contributed by atoms with Gasteiger partial charge in [0.25, 0.3) is 0 Å². The van der Waals surface area contributed by atoms with Gasteiger partial charge in [0.05, 0.1) is 0 Å². The molecular formula is C11H9N2. The smallest absolute Gasteiger partial charge is 0.0400 e. The molecule has 0 fully saturated rings. The molecule has 63 valence electrons. The van der Waals surface area contributed by atoms with Gasteiger partial charge in [0.1, 0.15) is 0 Å². The molecule has 0 bridgehead atoms. The summed E-state index contributed by atoms with van der Waals surface area (Å²) >= 11 is 0. The maximum atomic E-state index is 5.62. The van der Waals surface area contributed by atoms with Gasteiger partial charge in [-0.2, -0.15) is 0 Å². The molecule has 0 spiro atoms. The van der Waals surface area contributed by atoms with Gasteiger partial charge in [-0.05, 0) is 17.7 Å². The summed E-state index contributed by atoms with van der Waals surface area (Å²) in [7, 11) is 0. The second kappa shape index (κ2) is 3.27. The number of hydrogen-bond acceptors (Lipinski definition) is 2. The van der Waals surface area contributed by atoms with Gasteiger partial charge < -0.3 is 5.73 Å². The molecule has 2 N–H and O–H groups in total. The van der Waals surface area contributed by atoms with Crippen LogP contribution >= 0.6 is 0 Å². The molecule has 0 aliphatic rings. The predicted octanol–water partition coefficient (Wildman–Crippen LogP) is 2.13. The van der Waals surface area contributed by atoms with E-state index >= 15 is 0 Å². The Hall–Kier alpha value is -1.83. The van der Waals surface area contributed by atoms with E-state index in [1.54, 1.807) is 6.20 Å². The summed E-state index contributed by atoms with van der Waals surface area (Å²) in [6, 6.07) is 12.5. The Morgan fingerprint density at radius 2 is 2.15 bits per heavy atom. The molecular weight excluding hydrogens is 160 g/mol. The monoisotopic (exact) mass is 169 g/mol. The van der Waals surface area contributed by atoms with E-state index in [0.717, 1.165) is 11.1 Å². The summed E-state index contributed by atoms with van der Waals surface area (Å²) in [6.45, 7) is 0. The minimum absolute atomic E-state index is 0.654. The number of anilines is 1. The third kappa shape index (κ3) is 1.67. The lowest BCUT2D eigenvalue weighted by Gasteiger charge is -2.00. The van der Waals surface area contributed by atoms with Gasteiger partial charge in [-0.25, -0.2) is 0 Å². The Bertz CT molecular complexity index is 396. The van der Waals surface area contributed by atoms with Crippen LogP contribution in [0.5, 0.6) is 0 Å². The first-order chi connectivity index (χ1) is 6.36. The van der Waals surface area contributed by atoms with E-state index in [-0.39, 0.29) is 0 Å². The van der Waals surface area contributed by atoms with Gasteiger partial charge >= 0.3 is 0 Å². The van der Waals surface area contributed by atoms with Crippen LogP contribution in [0.2, 0.25) is 0 Å². The molecule has 2 aromatic rings. The summed E-state index contributed by atoms with van der Waals surface area (Å²) in [5, 5.41) is 0. The van der Waals surface area contributed by atoms with Crippen molar-refractivity contribution in [1.82, 2.24) is 4.98 Å². The van der Waals surface area contributed by atoms with Crippen molar-refractivity contribution in [3.8, 4) is 11.1 Å². The largest absolute Gasteiger partial charge is 0.398 e. The molecule has 0 amide bonds. The van der Waals surface area contributed by atoms with Crippen molar-refractivity contribution in [1.29, 1.82) is 0 Å². The SMILES string of the molecule is Nc1[c]ccc(-c2cccnc2)c1. The lowest BCUT2D eigenvalue weighted by atomic mass is 10.1. The highest BCUT2D eigenvalue weighted by Crippen LogP contribution is 2.19. The van der Waals surface area contributed by atoms with E-state index in [4.69, 9.17) is 5.73 Å². The second-order valence-electron chi connectivity index (χ2n) is 2.77. The number of rotatable bonds is 1. The highest BCUT2D eigenvalue weighted by atomic mass is 14.6. The van der Waals surface area contributed by atoms with E-state index in [0.29, 0.717) is 5.69 Å². The van der Waals surface area contributed by atoms with Gasteiger partial charge in [-0.15, -0.1) is 0 Å². The number of nitrogens with zero attached hydrogens (tertiary/aromatic N) is 1. The Morgan fingerprint density at radius 1 is 1.23 bits per heavy atom. The minimum atomic E-state index is 0.654. The highest BCUT2D eigenvalue weighted by molar-refractivity contribution is 5.65. The number of hydrogen-bond donors (Lipinski definition) is 1. The molecule has 2 rings (SSSR count). The van der Waals surface area contributed by atoms with Crippen LogP contribution in [0.25, 0.3) is 11.1 Å². The topological polar surface area (TPSA) is 38.9 Å². The zero-order valence-electron chi connectivity index (χ0n) is 7.07. The van der Waals surface area contributed by atoms with E-state index in [2.05, 4.69) is 11.1 Å². The number of nitrogens with two attached hydrogens (primary N) is 1. The van der Waals surface area contributed by atoms with Crippen LogP contribution in [-0.2, 0) is 0 Å². The molecule has 13 heavy (non-hydrogen) atoms. The number of benzene rings is 1.